The van der Waals surface area contributed by atoms with Gasteiger partial charge in [0.05, 0.1) is 26.4 Å². The van der Waals surface area contributed by atoms with E-state index in [-0.39, 0.29) is 19.6 Å². The van der Waals surface area contributed by atoms with Gasteiger partial charge in [-0.05, 0) is 57.8 Å². The van der Waals surface area contributed by atoms with E-state index in [1.54, 1.807) is 0 Å². The second-order valence-electron chi connectivity index (χ2n) is 18.7. The molecule has 0 saturated carbocycles. The van der Waals surface area contributed by atoms with E-state index in [4.69, 9.17) is 28.4 Å². The van der Waals surface area contributed by atoms with Gasteiger partial charge in [-0.15, -0.1) is 0 Å². The summed E-state index contributed by atoms with van der Waals surface area (Å²) in [4.78, 5) is 13.0. The van der Waals surface area contributed by atoms with Crippen molar-refractivity contribution >= 4 is 5.97 Å². The number of carbonyl (C=O) groups is 1. The lowest BCUT2D eigenvalue weighted by atomic mass is 9.98. The molecule has 2 saturated heterocycles. The predicted molar refractivity (Wildman–Crippen MR) is 270 cm³/mol. The molecule has 2 heterocycles. The Morgan fingerprint density at radius 1 is 0.493 bits per heavy atom. The molecule has 2 fully saturated rings. The number of ether oxygens (including phenoxy) is 6. The van der Waals surface area contributed by atoms with Crippen molar-refractivity contribution < 1.29 is 69.0 Å². The number of hydrogen-bond donors (Lipinski definition) is 7. The van der Waals surface area contributed by atoms with Gasteiger partial charge < -0.3 is 64.2 Å². The Bertz CT molecular complexity index is 1370. The molecular formula is C55H96O14. The molecule has 0 aromatic heterocycles. The highest BCUT2D eigenvalue weighted by atomic mass is 16.7. The van der Waals surface area contributed by atoms with Crippen LogP contribution in [-0.4, -0.2) is 142 Å². The zero-order chi connectivity index (χ0) is 50.2. The van der Waals surface area contributed by atoms with Crippen LogP contribution in [-0.2, 0) is 33.2 Å². The summed E-state index contributed by atoms with van der Waals surface area (Å²) < 4.78 is 34.3. The quantitative estimate of drug-likeness (QED) is 0.0174. The van der Waals surface area contributed by atoms with Crippen LogP contribution in [0.2, 0.25) is 0 Å². The van der Waals surface area contributed by atoms with Gasteiger partial charge in [0.15, 0.2) is 12.6 Å². The minimum absolute atomic E-state index is 0.0532. The van der Waals surface area contributed by atoms with Crippen molar-refractivity contribution in [1.82, 2.24) is 0 Å². The molecule has 400 valence electrons. The fraction of sp³-hybridized carbons (Fsp3) is 0.800. The highest BCUT2D eigenvalue weighted by molar-refractivity contribution is 5.69. The summed E-state index contributed by atoms with van der Waals surface area (Å²) >= 11 is 0. The van der Waals surface area contributed by atoms with Crippen LogP contribution in [0.4, 0.5) is 0 Å². The number of aliphatic hydroxyl groups is 7. The first-order valence-electron chi connectivity index (χ1n) is 26.9. The topological polar surface area (TPSA) is 214 Å². The van der Waals surface area contributed by atoms with E-state index in [9.17, 15) is 40.5 Å². The average molecular weight is 981 g/mol. The summed E-state index contributed by atoms with van der Waals surface area (Å²) in [6.45, 7) is 3.55. The van der Waals surface area contributed by atoms with Crippen LogP contribution in [0, 0.1) is 0 Å². The van der Waals surface area contributed by atoms with E-state index >= 15 is 0 Å². The van der Waals surface area contributed by atoms with Crippen LogP contribution < -0.4 is 0 Å². The summed E-state index contributed by atoms with van der Waals surface area (Å²) in [7, 11) is 0. The third-order valence-electron chi connectivity index (χ3n) is 12.5. The summed E-state index contributed by atoms with van der Waals surface area (Å²) in [6.07, 6.45) is 34.2. The van der Waals surface area contributed by atoms with Crippen molar-refractivity contribution in [2.24, 2.45) is 0 Å². The van der Waals surface area contributed by atoms with Crippen molar-refractivity contribution in [3.05, 3.63) is 60.8 Å². The highest BCUT2D eigenvalue weighted by Gasteiger charge is 2.47. The van der Waals surface area contributed by atoms with Gasteiger partial charge >= 0.3 is 5.97 Å². The van der Waals surface area contributed by atoms with Crippen LogP contribution in [0.5, 0.6) is 0 Å². The summed E-state index contributed by atoms with van der Waals surface area (Å²) in [5.41, 5.74) is 0. The zero-order valence-electron chi connectivity index (χ0n) is 42.5. The zero-order valence-corrected chi connectivity index (χ0v) is 42.5. The number of rotatable bonds is 42. The monoisotopic (exact) mass is 981 g/mol. The molecule has 2 aliphatic rings. The maximum atomic E-state index is 13.0. The lowest BCUT2D eigenvalue weighted by Crippen LogP contribution is -2.61. The maximum absolute atomic E-state index is 13.0. The molecule has 14 heteroatoms. The number of unbranched alkanes of at least 4 members (excludes halogenated alkanes) is 18. The first-order chi connectivity index (χ1) is 33.6. The van der Waals surface area contributed by atoms with E-state index in [1.165, 1.54) is 70.6 Å². The standard InChI is InChI=1S/C55H96O14/c1-3-5-7-9-11-13-15-17-19-20-21-22-23-24-25-26-28-30-32-34-36-38-47(57)67-44(41-64-39-37-35-33-31-29-27-18-16-14-12-10-8-6-4-2)42-65-54-53(63)51(61)49(59)46(69-54)43-66-55-52(62)50(60)48(58)45(40-56)68-55/h5,7,11,13,17,19,21-22,24-25,44-46,48-56,58-63H,3-4,6,8-10,12,14-16,18,20,23,26-43H2,1-2H3/b7-5-,13-11-,19-17-,22-21-,25-24-. The maximum Gasteiger partial charge on any atom is 0.306 e. The highest BCUT2D eigenvalue weighted by Crippen LogP contribution is 2.26. The van der Waals surface area contributed by atoms with Crippen LogP contribution in [0.1, 0.15) is 181 Å². The molecule has 0 bridgehead atoms. The lowest BCUT2D eigenvalue weighted by Gasteiger charge is -2.42. The Morgan fingerprint density at radius 2 is 0.942 bits per heavy atom. The smallest absolute Gasteiger partial charge is 0.306 e. The first kappa shape index (κ1) is 62.8. The Hall–Kier alpha value is -2.31. The van der Waals surface area contributed by atoms with E-state index in [0.29, 0.717) is 13.0 Å². The van der Waals surface area contributed by atoms with Crippen molar-refractivity contribution in [3.63, 3.8) is 0 Å². The molecule has 11 unspecified atom stereocenters. The Kier molecular flexibility index (Phi) is 38.4. The van der Waals surface area contributed by atoms with Crippen LogP contribution >= 0.6 is 0 Å². The Labute approximate surface area is 415 Å². The summed E-state index contributed by atoms with van der Waals surface area (Å²) in [5, 5.41) is 72.2. The fourth-order valence-electron chi connectivity index (χ4n) is 8.19. The fourth-order valence-corrected chi connectivity index (χ4v) is 8.19. The molecule has 0 radical (unpaired) electrons. The molecule has 69 heavy (non-hydrogen) atoms. The van der Waals surface area contributed by atoms with Gasteiger partial charge in [0.1, 0.15) is 54.9 Å². The van der Waals surface area contributed by atoms with E-state index in [1.807, 2.05) is 0 Å². The average Bonchev–Trinajstić information content (AvgIpc) is 3.35. The Morgan fingerprint density at radius 3 is 1.48 bits per heavy atom. The number of esters is 1. The predicted octanol–water partition coefficient (Wildman–Crippen LogP) is 8.52. The molecule has 7 N–H and O–H groups in total. The van der Waals surface area contributed by atoms with E-state index < -0.39 is 86.7 Å². The molecular weight excluding hydrogens is 885 g/mol. The van der Waals surface area contributed by atoms with Crippen LogP contribution in [0.3, 0.4) is 0 Å². The largest absolute Gasteiger partial charge is 0.457 e. The molecule has 0 spiro atoms. The van der Waals surface area contributed by atoms with Crippen molar-refractivity contribution in [2.75, 3.05) is 33.0 Å². The minimum atomic E-state index is -1.71. The van der Waals surface area contributed by atoms with Crippen molar-refractivity contribution in [3.8, 4) is 0 Å². The van der Waals surface area contributed by atoms with Crippen molar-refractivity contribution in [2.45, 2.75) is 248 Å². The second-order valence-corrected chi connectivity index (χ2v) is 18.7. The summed E-state index contributed by atoms with van der Waals surface area (Å²) in [5.74, 6) is -0.395. The first-order valence-corrected chi connectivity index (χ1v) is 26.9. The summed E-state index contributed by atoms with van der Waals surface area (Å²) in [6, 6.07) is 0. The van der Waals surface area contributed by atoms with Gasteiger partial charge in [0, 0.05) is 13.0 Å². The van der Waals surface area contributed by atoms with Gasteiger partial charge in [-0.3, -0.25) is 4.79 Å². The molecule has 0 amide bonds. The van der Waals surface area contributed by atoms with Crippen LogP contribution in [0.25, 0.3) is 0 Å². The number of aliphatic hydroxyl groups excluding tert-OH is 7. The van der Waals surface area contributed by atoms with E-state index in [2.05, 4.69) is 74.6 Å². The third kappa shape index (κ3) is 29.7. The number of hydrogen-bond acceptors (Lipinski definition) is 14. The molecule has 14 nitrogen and oxygen atoms in total. The Balaban J connectivity index is 1.76. The SMILES string of the molecule is CC/C=C\C/C=C\C/C=C\C/C=C\C/C=C\CCCCCCCC(=O)OC(COCCCCCCCCCCCCCCCC)COC1OC(COC2OC(CO)C(O)C(O)C2O)C(O)C(O)C1O. The van der Waals surface area contributed by atoms with Gasteiger partial charge in [-0.1, -0.05) is 177 Å². The van der Waals surface area contributed by atoms with Crippen LogP contribution in [0.15, 0.2) is 60.8 Å². The molecule has 0 aromatic carbocycles. The van der Waals surface area contributed by atoms with Crippen molar-refractivity contribution in [1.29, 1.82) is 0 Å². The molecule has 0 aliphatic carbocycles. The van der Waals surface area contributed by atoms with Gasteiger partial charge in [-0.2, -0.15) is 0 Å². The lowest BCUT2D eigenvalue weighted by molar-refractivity contribution is -0.332. The third-order valence-corrected chi connectivity index (χ3v) is 12.5. The number of allylic oxidation sites excluding steroid dienone is 10. The number of carbonyl (C=O) groups excluding carboxylic acids is 1. The normalized spacial score (nSPS) is 26.2. The van der Waals surface area contributed by atoms with E-state index in [0.717, 1.165) is 83.5 Å². The molecule has 2 rings (SSSR count). The second kappa shape index (κ2) is 42.2. The molecule has 0 aromatic rings. The minimum Gasteiger partial charge on any atom is -0.457 e. The van der Waals surface area contributed by atoms with Gasteiger partial charge in [0.2, 0.25) is 0 Å². The van der Waals surface area contributed by atoms with Gasteiger partial charge in [-0.25, -0.2) is 0 Å². The molecule has 11 atom stereocenters. The molecule has 2 aliphatic heterocycles. The van der Waals surface area contributed by atoms with Gasteiger partial charge in [0.25, 0.3) is 0 Å².